The monoisotopic (exact) mass is 370 g/mol. The molecular formula is C15H19IN2O. The number of halogens is 1. The van der Waals surface area contributed by atoms with E-state index in [0.717, 1.165) is 60.0 Å². The van der Waals surface area contributed by atoms with Gasteiger partial charge in [-0.1, -0.05) is 12.1 Å². The van der Waals surface area contributed by atoms with Crippen molar-refractivity contribution in [3.63, 3.8) is 0 Å². The molecule has 3 nitrogen and oxygen atoms in total. The Bertz CT molecular complexity index is 463. The van der Waals surface area contributed by atoms with Crippen LogP contribution in [0.25, 0.3) is 0 Å². The summed E-state index contributed by atoms with van der Waals surface area (Å²) in [6.07, 6.45) is 2.29. The van der Waals surface area contributed by atoms with E-state index in [-0.39, 0.29) is 5.91 Å². The minimum atomic E-state index is 0.206. The van der Waals surface area contributed by atoms with Gasteiger partial charge in [0.05, 0.1) is 5.56 Å². The third kappa shape index (κ3) is 2.79. The maximum absolute atomic E-state index is 12.6. The van der Waals surface area contributed by atoms with Crippen molar-refractivity contribution in [2.45, 2.75) is 12.8 Å². The predicted molar refractivity (Wildman–Crippen MR) is 84.1 cm³/mol. The molecule has 0 saturated carbocycles. The van der Waals surface area contributed by atoms with Crippen LogP contribution in [0.15, 0.2) is 24.3 Å². The number of fused-ring (bicyclic) bond motifs is 1. The number of benzene rings is 1. The third-order valence-electron chi connectivity index (χ3n) is 4.41. The second kappa shape index (κ2) is 5.79. The van der Waals surface area contributed by atoms with E-state index in [0.29, 0.717) is 0 Å². The highest BCUT2D eigenvalue weighted by Crippen LogP contribution is 2.28. The minimum Gasteiger partial charge on any atom is -0.339 e. The number of nitrogens with zero attached hydrogens (tertiary/aromatic N) is 1. The van der Waals surface area contributed by atoms with E-state index in [2.05, 4.69) is 32.8 Å². The van der Waals surface area contributed by atoms with Gasteiger partial charge in [0, 0.05) is 16.7 Å². The van der Waals surface area contributed by atoms with Crippen molar-refractivity contribution in [2.75, 3.05) is 26.2 Å². The first kappa shape index (κ1) is 13.4. The van der Waals surface area contributed by atoms with Crippen molar-refractivity contribution < 1.29 is 4.79 Å². The number of carbonyl (C=O) groups is 1. The van der Waals surface area contributed by atoms with E-state index >= 15 is 0 Å². The fraction of sp³-hybridized carbons (Fsp3) is 0.533. The molecule has 0 bridgehead atoms. The van der Waals surface area contributed by atoms with Gasteiger partial charge in [0.25, 0.3) is 5.91 Å². The Balaban J connectivity index is 1.72. The van der Waals surface area contributed by atoms with Crippen LogP contribution in [0.3, 0.4) is 0 Å². The van der Waals surface area contributed by atoms with Crippen molar-refractivity contribution in [1.29, 1.82) is 0 Å². The second-order valence-corrected chi connectivity index (χ2v) is 6.69. The van der Waals surface area contributed by atoms with E-state index in [1.54, 1.807) is 0 Å². The Kier molecular flexibility index (Phi) is 4.07. The Morgan fingerprint density at radius 2 is 1.79 bits per heavy atom. The topological polar surface area (TPSA) is 32.3 Å². The lowest BCUT2D eigenvalue weighted by Gasteiger charge is -2.21. The maximum atomic E-state index is 12.6. The zero-order chi connectivity index (χ0) is 13.2. The summed E-state index contributed by atoms with van der Waals surface area (Å²) in [7, 11) is 0. The number of amides is 1. The quantitative estimate of drug-likeness (QED) is 0.770. The molecule has 1 N–H and O–H groups in total. The first-order valence-corrected chi connectivity index (χ1v) is 8.08. The van der Waals surface area contributed by atoms with Gasteiger partial charge in [-0.2, -0.15) is 0 Å². The smallest absolute Gasteiger partial charge is 0.254 e. The lowest BCUT2D eigenvalue weighted by molar-refractivity contribution is 0.0757. The molecule has 102 valence electrons. The molecule has 2 fully saturated rings. The van der Waals surface area contributed by atoms with Crippen LogP contribution in [0, 0.1) is 15.4 Å². The summed E-state index contributed by atoms with van der Waals surface area (Å²) in [5, 5.41) is 3.47. The van der Waals surface area contributed by atoms with Crippen LogP contribution in [0.2, 0.25) is 0 Å². The first-order valence-electron chi connectivity index (χ1n) is 7.00. The molecule has 1 aromatic rings. The molecule has 1 aromatic carbocycles. The summed E-state index contributed by atoms with van der Waals surface area (Å²) in [6.45, 7) is 4.09. The highest BCUT2D eigenvalue weighted by molar-refractivity contribution is 14.1. The van der Waals surface area contributed by atoms with Crippen LogP contribution in [0.1, 0.15) is 23.2 Å². The summed E-state index contributed by atoms with van der Waals surface area (Å²) in [4.78, 5) is 14.6. The summed E-state index contributed by atoms with van der Waals surface area (Å²) >= 11 is 2.25. The van der Waals surface area contributed by atoms with Crippen LogP contribution in [-0.2, 0) is 0 Å². The Morgan fingerprint density at radius 1 is 1.16 bits per heavy atom. The number of hydrogen-bond donors (Lipinski definition) is 1. The number of likely N-dealkylation sites (tertiary alicyclic amines) is 1. The molecule has 3 rings (SSSR count). The van der Waals surface area contributed by atoms with Crippen LogP contribution in [0.4, 0.5) is 0 Å². The van der Waals surface area contributed by atoms with Crippen LogP contribution in [-0.4, -0.2) is 37.0 Å². The average molecular weight is 370 g/mol. The summed E-state index contributed by atoms with van der Waals surface area (Å²) in [6, 6.07) is 7.88. The van der Waals surface area contributed by atoms with Crippen molar-refractivity contribution >= 4 is 28.5 Å². The fourth-order valence-corrected chi connectivity index (χ4v) is 3.84. The van der Waals surface area contributed by atoms with Gasteiger partial charge in [-0.15, -0.1) is 0 Å². The molecule has 1 amide bonds. The molecule has 2 heterocycles. The highest BCUT2D eigenvalue weighted by atomic mass is 127. The molecule has 4 heteroatoms. The highest BCUT2D eigenvalue weighted by Gasteiger charge is 2.31. The number of carbonyl (C=O) groups excluding carboxylic acids is 1. The molecule has 0 radical (unpaired) electrons. The molecule has 19 heavy (non-hydrogen) atoms. The van der Waals surface area contributed by atoms with Crippen molar-refractivity contribution in [1.82, 2.24) is 10.2 Å². The zero-order valence-corrected chi connectivity index (χ0v) is 13.1. The number of hydrogen-bond acceptors (Lipinski definition) is 2. The predicted octanol–water partition coefficient (Wildman–Crippen LogP) is 2.36. The molecule has 0 spiro atoms. The summed E-state index contributed by atoms with van der Waals surface area (Å²) < 4.78 is 1.05. The normalized spacial score (nSPS) is 26.9. The van der Waals surface area contributed by atoms with Gasteiger partial charge < -0.3 is 10.2 Å². The van der Waals surface area contributed by atoms with Crippen molar-refractivity contribution in [3.05, 3.63) is 33.4 Å². The third-order valence-corrected chi connectivity index (χ3v) is 5.35. The van der Waals surface area contributed by atoms with Gasteiger partial charge in [0.1, 0.15) is 0 Å². The minimum absolute atomic E-state index is 0.206. The van der Waals surface area contributed by atoms with E-state index in [4.69, 9.17) is 0 Å². The lowest BCUT2D eigenvalue weighted by atomic mass is 9.92. The molecule has 2 aliphatic heterocycles. The average Bonchev–Trinajstić information content (AvgIpc) is 2.78. The Labute approximate surface area is 127 Å². The number of nitrogens with one attached hydrogen (secondary N) is 1. The van der Waals surface area contributed by atoms with Gasteiger partial charge >= 0.3 is 0 Å². The van der Waals surface area contributed by atoms with Crippen LogP contribution < -0.4 is 5.32 Å². The summed E-state index contributed by atoms with van der Waals surface area (Å²) in [5.74, 6) is 1.75. The summed E-state index contributed by atoms with van der Waals surface area (Å²) in [5.41, 5.74) is 0.855. The molecule has 0 aromatic heterocycles. The first-order chi connectivity index (χ1) is 9.25. The zero-order valence-electron chi connectivity index (χ0n) is 10.9. The van der Waals surface area contributed by atoms with Gasteiger partial charge in [-0.25, -0.2) is 0 Å². The van der Waals surface area contributed by atoms with Gasteiger partial charge in [0.15, 0.2) is 0 Å². The van der Waals surface area contributed by atoms with Crippen molar-refractivity contribution in [2.24, 2.45) is 11.8 Å². The lowest BCUT2D eigenvalue weighted by Crippen LogP contribution is -2.33. The second-order valence-electron chi connectivity index (χ2n) is 5.53. The molecular weight excluding hydrogens is 351 g/mol. The van der Waals surface area contributed by atoms with Crippen LogP contribution in [0.5, 0.6) is 0 Å². The number of rotatable bonds is 1. The largest absolute Gasteiger partial charge is 0.339 e. The molecule has 0 aliphatic carbocycles. The standard InChI is InChI=1S/C15H19IN2O/c16-14-4-2-1-3-13(14)15(19)18-7-5-11-9-17-10-12(11)6-8-18/h1-4,11-12,17H,5-10H2/t11-,12+. The fourth-order valence-electron chi connectivity index (χ4n) is 3.23. The molecule has 2 atom stereocenters. The molecule has 0 unspecified atom stereocenters. The van der Waals surface area contributed by atoms with Gasteiger partial charge in [-0.3, -0.25) is 4.79 Å². The maximum Gasteiger partial charge on any atom is 0.254 e. The van der Waals surface area contributed by atoms with E-state index in [9.17, 15) is 4.79 Å². The van der Waals surface area contributed by atoms with Crippen molar-refractivity contribution in [3.8, 4) is 0 Å². The molecule has 2 saturated heterocycles. The Morgan fingerprint density at radius 3 is 2.42 bits per heavy atom. The van der Waals surface area contributed by atoms with Gasteiger partial charge in [-0.05, 0) is 72.5 Å². The van der Waals surface area contributed by atoms with E-state index in [1.807, 2.05) is 24.3 Å². The SMILES string of the molecule is O=C(c1ccccc1I)N1CC[C@@H]2CNC[C@@H]2CC1. The van der Waals surface area contributed by atoms with E-state index < -0.39 is 0 Å². The Hall–Kier alpha value is -0.620. The van der Waals surface area contributed by atoms with Crippen LogP contribution >= 0.6 is 22.6 Å². The van der Waals surface area contributed by atoms with E-state index in [1.165, 1.54) is 0 Å². The molecule has 2 aliphatic rings. The van der Waals surface area contributed by atoms with Gasteiger partial charge in [0.2, 0.25) is 0 Å².